The monoisotopic (exact) mass is 518 g/mol. The van der Waals surface area contributed by atoms with Gasteiger partial charge in [0.1, 0.15) is 5.60 Å². The van der Waals surface area contributed by atoms with Gasteiger partial charge >= 0.3 is 12.1 Å². The molecule has 38 heavy (non-hydrogen) atoms. The fourth-order valence-electron chi connectivity index (χ4n) is 4.45. The standard InChI is InChI=1S/C31H38N2O5/c1-8-22-18-25-19-24(29(35)36)16-17-33(25)27(22)28(34)23-13-10-21(11-14-23)12-15-26(20(3)4)32(9-2)30(37)38-31(5,6)7/h10-20,26H,8-9H2,1-7H3,(H,35,36). The van der Waals surface area contributed by atoms with Crippen LogP contribution in [0.15, 0.2) is 54.7 Å². The molecule has 0 saturated carbocycles. The van der Waals surface area contributed by atoms with Gasteiger partial charge < -0.3 is 19.1 Å². The Labute approximate surface area is 224 Å². The summed E-state index contributed by atoms with van der Waals surface area (Å²) in [6.45, 7) is 14.1. The number of aromatic carboxylic acids is 1. The third kappa shape index (κ3) is 6.52. The van der Waals surface area contributed by atoms with E-state index in [1.807, 2.05) is 65.0 Å². The lowest BCUT2D eigenvalue weighted by Gasteiger charge is -2.33. The minimum atomic E-state index is -1.00. The highest BCUT2D eigenvalue weighted by molar-refractivity contribution is 6.10. The number of hydrogen-bond donors (Lipinski definition) is 1. The van der Waals surface area contributed by atoms with Crippen LogP contribution in [0.5, 0.6) is 0 Å². The van der Waals surface area contributed by atoms with E-state index in [1.54, 1.807) is 33.7 Å². The third-order valence-corrected chi connectivity index (χ3v) is 6.37. The van der Waals surface area contributed by atoms with E-state index in [0.29, 0.717) is 29.7 Å². The van der Waals surface area contributed by atoms with Gasteiger partial charge in [-0.15, -0.1) is 0 Å². The van der Waals surface area contributed by atoms with Crippen LogP contribution in [-0.4, -0.2) is 50.4 Å². The Hall–Kier alpha value is -3.87. The van der Waals surface area contributed by atoms with Crippen LogP contribution in [-0.2, 0) is 11.2 Å². The van der Waals surface area contributed by atoms with Gasteiger partial charge in [-0.05, 0) is 69.4 Å². The zero-order valence-corrected chi connectivity index (χ0v) is 23.3. The predicted molar refractivity (Wildman–Crippen MR) is 150 cm³/mol. The molecular weight excluding hydrogens is 480 g/mol. The highest BCUT2D eigenvalue weighted by Gasteiger charge is 2.27. The van der Waals surface area contributed by atoms with Crippen molar-refractivity contribution in [3.63, 3.8) is 0 Å². The van der Waals surface area contributed by atoms with Gasteiger partial charge in [0.05, 0.1) is 17.3 Å². The molecule has 2 heterocycles. The number of carbonyl (C=O) groups excluding carboxylic acids is 2. The topological polar surface area (TPSA) is 88.3 Å². The molecule has 0 aliphatic heterocycles. The highest BCUT2D eigenvalue weighted by atomic mass is 16.6. The molecule has 3 rings (SSSR count). The lowest BCUT2D eigenvalue weighted by molar-refractivity contribution is 0.0175. The van der Waals surface area contributed by atoms with Gasteiger partial charge in [-0.3, -0.25) is 4.79 Å². The van der Waals surface area contributed by atoms with Crippen molar-refractivity contribution in [3.05, 3.63) is 82.7 Å². The van der Waals surface area contributed by atoms with E-state index in [2.05, 4.69) is 13.8 Å². The highest BCUT2D eigenvalue weighted by Crippen LogP contribution is 2.23. The number of carboxylic acid groups (broad SMARTS) is 1. The van der Waals surface area contributed by atoms with Crippen molar-refractivity contribution in [1.82, 2.24) is 9.30 Å². The lowest BCUT2D eigenvalue weighted by atomic mass is 9.99. The normalized spacial score (nSPS) is 12.7. The van der Waals surface area contributed by atoms with Gasteiger partial charge in [0, 0.05) is 23.8 Å². The fraction of sp³-hybridized carbons (Fsp3) is 0.387. The van der Waals surface area contributed by atoms with Crippen LogP contribution in [0, 0.1) is 5.92 Å². The first kappa shape index (κ1) is 28.7. The van der Waals surface area contributed by atoms with Gasteiger partial charge in [-0.25, -0.2) is 9.59 Å². The van der Waals surface area contributed by atoms with Crippen molar-refractivity contribution in [2.45, 2.75) is 66.5 Å². The summed E-state index contributed by atoms with van der Waals surface area (Å²) < 4.78 is 7.36. The summed E-state index contributed by atoms with van der Waals surface area (Å²) in [5, 5.41) is 9.31. The zero-order chi connectivity index (χ0) is 28.2. The number of benzene rings is 1. The maximum atomic E-state index is 13.5. The maximum Gasteiger partial charge on any atom is 0.410 e. The van der Waals surface area contributed by atoms with E-state index in [4.69, 9.17) is 4.74 Å². The van der Waals surface area contributed by atoms with Gasteiger partial charge in [0.15, 0.2) is 0 Å². The summed E-state index contributed by atoms with van der Waals surface area (Å²) in [7, 11) is 0. The Kier molecular flexibility index (Phi) is 8.82. The molecule has 1 N–H and O–H groups in total. The number of fused-ring (bicyclic) bond motifs is 1. The van der Waals surface area contributed by atoms with Gasteiger partial charge in [-0.2, -0.15) is 0 Å². The van der Waals surface area contributed by atoms with Crippen molar-refractivity contribution in [2.24, 2.45) is 5.92 Å². The summed E-state index contributed by atoms with van der Waals surface area (Å²) in [5.74, 6) is -0.949. The fourth-order valence-corrected chi connectivity index (χ4v) is 4.45. The molecule has 0 saturated heterocycles. The molecule has 1 amide bonds. The van der Waals surface area contributed by atoms with Crippen molar-refractivity contribution in [3.8, 4) is 0 Å². The summed E-state index contributed by atoms with van der Waals surface area (Å²) in [6, 6.07) is 12.2. The number of pyridine rings is 1. The van der Waals surface area contributed by atoms with E-state index in [0.717, 1.165) is 11.1 Å². The van der Waals surface area contributed by atoms with Crippen molar-refractivity contribution < 1.29 is 24.2 Å². The van der Waals surface area contributed by atoms with Crippen molar-refractivity contribution in [2.75, 3.05) is 6.54 Å². The molecule has 0 spiro atoms. The van der Waals surface area contributed by atoms with Crippen LogP contribution in [0.2, 0.25) is 0 Å². The molecule has 3 aromatic rings. The number of likely N-dealkylation sites (N-methyl/N-ethyl adjacent to an activating group) is 1. The Balaban J connectivity index is 1.85. The largest absolute Gasteiger partial charge is 0.478 e. The number of ketones is 1. The van der Waals surface area contributed by atoms with E-state index in [9.17, 15) is 19.5 Å². The first-order valence-electron chi connectivity index (χ1n) is 13.1. The molecule has 1 atom stereocenters. The number of carbonyl (C=O) groups is 3. The minimum absolute atomic E-state index is 0.123. The summed E-state index contributed by atoms with van der Waals surface area (Å²) in [4.78, 5) is 39.4. The quantitative estimate of drug-likeness (QED) is 0.318. The predicted octanol–water partition coefficient (Wildman–Crippen LogP) is 6.73. The van der Waals surface area contributed by atoms with Gasteiger partial charge in [0.25, 0.3) is 0 Å². The number of carboxylic acids is 1. The molecule has 0 bridgehead atoms. The van der Waals surface area contributed by atoms with Crippen molar-refractivity contribution in [1.29, 1.82) is 0 Å². The average Bonchev–Trinajstić information content (AvgIpc) is 3.22. The molecule has 2 aromatic heterocycles. The molecule has 7 heteroatoms. The van der Waals surface area contributed by atoms with Crippen LogP contribution < -0.4 is 0 Å². The van der Waals surface area contributed by atoms with Crippen LogP contribution >= 0.6 is 0 Å². The Morgan fingerprint density at radius 1 is 1.03 bits per heavy atom. The smallest absolute Gasteiger partial charge is 0.410 e. The first-order valence-corrected chi connectivity index (χ1v) is 13.1. The zero-order valence-electron chi connectivity index (χ0n) is 23.3. The second-order valence-electron chi connectivity index (χ2n) is 10.7. The average molecular weight is 519 g/mol. The van der Waals surface area contributed by atoms with Crippen LogP contribution in [0.3, 0.4) is 0 Å². The third-order valence-electron chi connectivity index (χ3n) is 6.37. The number of nitrogens with zero attached hydrogens (tertiary/aromatic N) is 2. The van der Waals surface area contributed by atoms with E-state index >= 15 is 0 Å². The van der Waals surface area contributed by atoms with Gasteiger partial charge in [0.2, 0.25) is 5.78 Å². The Morgan fingerprint density at radius 2 is 1.68 bits per heavy atom. The molecule has 202 valence electrons. The van der Waals surface area contributed by atoms with Crippen LogP contribution in [0.25, 0.3) is 11.6 Å². The molecule has 1 aromatic carbocycles. The molecule has 1 unspecified atom stereocenters. The van der Waals surface area contributed by atoms with Gasteiger partial charge in [-0.1, -0.05) is 57.2 Å². The SMILES string of the molecule is CCc1cc2cc(C(=O)O)ccn2c1C(=O)c1ccc(C=CC(C(C)C)N(CC)C(=O)OC(C)(C)C)cc1. The Morgan fingerprint density at radius 3 is 2.21 bits per heavy atom. The first-order chi connectivity index (χ1) is 17.9. The number of amides is 1. The molecule has 7 nitrogen and oxygen atoms in total. The summed E-state index contributed by atoms with van der Waals surface area (Å²) in [5.41, 5.74) is 3.15. The second-order valence-corrected chi connectivity index (χ2v) is 10.7. The Bertz CT molecular complexity index is 1340. The number of hydrogen-bond acceptors (Lipinski definition) is 4. The van der Waals surface area contributed by atoms with E-state index < -0.39 is 11.6 Å². The number of aromatic nitrogens is 1. The molecule has 0 fully saturated rings. The molecular formula is C31H38N2O5. The van der Waals surface area contributed by atoms with E-state index in [-0.39, 0.29) is 29.4 Å². The summed E-state index contributed by atoms with van der Waals surface area (Å²) in [6.07, 6.45) is 5.91. The molecule has 0 aliphatic carbocycles. The minimum Gasteiger partial charge on any atom is -0.478 e. The number of rotatable bonds is 9. The second kappa shape index (κ2) is 11.7. The maximum absolute atomic E-state index is 13.5. The number of ether oxygens (including phenoxy) is 1. The molecule has 0 radical (unpaired) electrons. The van der Waals surface area contributed by atoms with Crippen LogP contribution in [0.1, 0.15) is 86.0 Å². The van der Waals surface area contributed by atoms with Crippen LogP contribution in [0.4, 0.5) is 4.79 Å². The summed E-state index contributed by atoms with van der Waals surface area (Å²) >= 11 is 0. The number of aryl methyl sites for hydroxylation is 1. The van der Waals surface area contributed by atoms with Crippen molar-refractivity contribution >= 4 is 29.4 Å². The molecule has 0 aliphatic rings. The lowest BCUT2D eigenvalue weighted by Crippen LogP contribution is -2.44. The van der Waals surface area contributed by atoms with E-state index in [1.165, 1.54) is 6.07 Å².